The maximum atomic E-state index is 14.4. The number of nitrogens with zero attached hydrogens (tertiary/aromatic N) is 2. The van der Waals surface area contributed by atoms with Gasteiger partial charge in [-0.25, -0.2) is 0 Å². The Balaban J connectivity index is 1.28. The normalized spacial score (nSPS) is 20.1. The average Bonchev–Trinajstić information content (AvgIpc) is 3.72. The van der Waals surface area contributed by atoms with Crippen molar-refractivity contribution in [1.82, 2.24) is 4.57 Å². The molecule has 0 amide bonds. The molecule has 2 bridgehead atoms. The molecule has 2 nitrogen and oxygen atoms in total. The number of rotatable bonds is 4. The van der Waals surface area contributed by atoms with Crippen LogP contribution in [-0.4, -0.2) is 37.0 Å². The van der Waals surface area contributed by atoms with Gasteiger partial charge in [0.1, 0.15) is 0 Å². The van der Waals surface area contributed by atoms with Crippen molar-refractivity contribution in [1.29, 1.82) is 0 Å². The van der Waals surface area contributed by atoms with Gasteiger partial charge >= 0.3 is 287 Å². The second kappa shape index (κ2) is 8.48. The maximum absolute atomic E-state index is 14.4. The number of hydrogen-bond acceptors (Lipinski definition) is 1. The fourth-order valence-electron chi connectivity index (χ4n) is 10.8. The molecule has 2 radical (unpaired) electrons. The first-order valence-corrected chi connectivity index (χ1v) is 20.7. The molecule has 216 valence electrons. The summed E-state index contributed by atoms with van der Waals surface area (Å²) in [5.41, 5.74) is 12.6. The van der Waals surface area contributed by atoms with Crippen LogP contribution in [0.5, 0.6) is 0 Å². The van der Waals surface area contributed by atoms with Crippen LogP contribution in [0.4, 0.5) is 2.86 Å². The molecule has 47 heavy (non-hydrogen) atoms. The van der Waals surface area contributed by atoms with Gasteiger partial charge in [-0.3, -0.25) is 0 Å². The Kier molecular flexibility index (Phi) is 4.75. The van der Waals surface area contributed by atoms with E-state index in [2.05, 4.69) is 151 Å². The Hall–Kier alpha value is -3.67. The summed E-state index contributed by atoms with van der Waals surface area (Å²) in [5, 5.41) is 3.95. The number of hydrogen-bond donors (Lipinski definition) is 0. The Morgan fingerprint density at radius 3 is 2.04 bits per heavy atom. The Bertz CT molecular complexity index is 2530. The first kappa shape index (κ1) is 26.3. The van der Waals surface area contributed by atoms with Crippen molar-refractivity contribution >= 4 is 104 Å². The van der Waals surface area contributed by atoms with Crippen molar-refractivity contribution in [3.63, 3.8) is 0 Å². The summed E-state index contributed by atoms with van der Waals surface area (Å²) in [6, 6.07) is 52.2. The van der Waals surface area contributed by atoms with E-state index in [1.807, 2.05) is 0 Å². The monoisotopic (exact) mass is 727 g/mol. The molecular formula is C37H23B5FIN2P-. The van der Waals surface area contributed by atoms with E-state index in [1.165, 1.54) is 71.4 Å². The standard InChI is InChI=1S/C37H23B5FIN2P/c43-44-45-47(40-38-41(47)42(40)47)26-22-28-27-16-7-10-20-33(27)46-34-21-11-18-30-35(34)39(32(23-26)36(28)46)31-19-9-8-17-29(31)37(30,24-12-3-1-4-13-24)25-14-5-2-6-15-25/h1-23H/q-1. The van der Waals surface area contributed by atoms with Gasteiger partial charge in [-0.05, 0) is 0 Å². The van der Waals surface area contributed by atoms with Crippen LogP contribution < -0.4 is 21.7 Å². The van der Waals surface area contributed by atoms with Crippen LogP contribution in [-0.2, 0) is 5.41 Å². The van der Waals surface area contributed by atoms with E-state index >= 15 is 0 Å². The zero-order valence-electron chi connectivity index (χ0n) is 25.3. The van der Waals surface area contributed by atoms with E-state index in [4.69, 9.17) is 2.92 Å². The molecule has 0 aliphatic carbocycles. The molecule has 7 aromatic rings. The van der Waals surface area contributed by atoms with E-state index in [9.17, 15) is 2.86 Å². The molecule has 13 rings (SSSR count). The van der Waals surface area contributed by atoms with Crippen LogP contribution in [0.25, 0.3) is 27.5 Å². The van der Waals surface area contributed by atoms with Gasteiger partial charge in [0.15, 0.2) is 0 Å². The van der Waals surface area contributed by atoms with Crippen molar-refractivity contribution < 1.29 is 2.86 Å². The van der Waals surface area contributed by atoms with Gasteiger partial charge in [-0.2, -0.15) is 0 Å². The first-order chi connectivity index (χ1) is 23.2. The minimum atomic E-state index is -2.51. The average molecular weight is 727 g/mol. The molecule has 0 saturated carbocycles. The second-order valence-corrected chi connectivity index (χ2v) is 20.8. The summed E-state index contributed by atoms with van der Waals surface area (Å²) in [6.45, 7) is 0.0644. The molecule has 6 aliphatic heterocycles. The fourth-order valence-corrected chi connectivity index (χ4v) is 22.3. The molecule has 0 spiro atoms. The third-order valence-corrected chi connectivity index (χ3v) is 22.6. The van der Waals surface area contributed by atoms with Crippen molar-refractivity contribution in [3.05, 3.63) is 162 Å². The van der Waals surface area contributed by atoms with Crippen molar-refractivity contribution in [3.8, 4) is 5.69 Å². The van der Waals surface area contributed by atoms with Gasteiger partial charge in [-0.1, -0.05) is 0 Å². The number of halogens is 2. The van der Waals surface area contributed by atoms with E-state index in [0.29, 0.717) is 18.6 Å². The van der Waals surface area contributed by atoms with E-state index in [-0.39, 0.29) is 6.71 Å². The topological polar surface area (TPSA) is 17.3 Å². The van der Waals surface area contributed by atoms with Crippen molar-refractivity contribution in [2.24, 2.45) is 2.92 Å². The summed E-state index contributed by atoms with van der Waals surface area (Å²) in [4.78, 5) is 0. The summed E-state index contributed by atoms with van der Waals surface area (Å²) in [7, 11) is 2.47. The zero-order valence-corrected chi connectivity index (χ0v) is 28.3. The molecule has 0 N–H and O–H groups in total. The SMILES string of the molecule is FI=NP12(c3cc4c5c(c3)c3ccccc3n5-c3cccc5c3B4c3ccccc3C5(c3ccccc3)c3ccccc3)B3[B-]B1B32. The Morgan fingerprint density at radius 2 is 1.34 bits per heavy atom. The molecule has 4 saturated heterocycles. The minimum absolute atomic E-state index is 0.0644. The Morgan fingerprint density at radius 1 is 0.681 bits per heavy atom. The second-order valence-electron chi connectivity index (χ2n) is 14.1. The quantitative estimate of drug-likeness (QED) is 0.115. The molecule has 6 aromatic carbocycles. The van der Waals surface area contributed by atoms with Crippen LogP contribution >= 0.6 is 28.0 Å². The van der Waals surface area contributed by atoms with Crippen LogP contribution in [0.1, 0.15) is 22.3 Å². The fraction of sp³-hybridized carbons (Fsp3) is 0.0270. The third-order valence-electron chi connectivity index (χ3n) is 12.8. The van der Waals surface area contributed by atoms with Crippen LogP contribution in [0.2, 0.25) is 0 Å². The number of benzene rings is 6. The number of para-hydroxylation sites is 1. The van der Waals surface area contributed by atoms with Gasteiger partial charge in [0.05, 0.1) is 0 Å². The summed E-state index contributed by atoms with van der Waals surface area (Å²) in [5.74, 6) is 0. The predicted molar refractivity (Wildman–Crippen MR) is 211 cm³/mol. The van der Waals surface area contributed by atoms with Gasteiger partial charge < -0.3 is 0 Å². The van der Waals surface area contributed by atoms with Crippen LogP contribution in [0, 0.1) is 0 Å². The molecule has 6 aliphatic rings. The molecule has 10 heteroatoms. The van der Waals surface area contributed by atoms with Crippen LogP contribution in [0.15, 0.2) is 142 Å². The van der Waals surface area contributed by atoms with Gasteiger partial charge in [0.25, 0.3) is 0 Å². The Labute approximate surface area is 285 Å². The van der Waals surface area contributed by atoms with Crippen molar-refractivity contribution in [2.45, 2.75) is 5.41 Å². The number of fused-ring (bicyclic) bond motifs is 7. The summed E-state index contributed by atoms with van der Waals surface area (Å²) < 4.78 is 22.0. The molecule has 7 heterocycles. The third kappa shape index (κ3) is 2.65. The zero-order chi connectivity index (χ0) is 30.7. The van der Waals surface area contributed by atoms with Gasteiger partial charge in [0.2, 0.25) is 0 Å². The summed E-state index contributed by atoms with van der Waals surface area (Å²) in [6.07, 6.45) is -0.810. The van der Waals surface area contributed by atoms with E-state index in [0.717, 1.165) is 0 Å². The first-order valence-electron chi connectivity index (χ1n) is 16.5. The van der Waals surface area contributed by atoms with Gasteiger partial charge in [-0.15, -0.1) is 0 Å². The van der Waals surface area contributed by atoms with Crippen molar-refractivity contribution in [2.75, 3.05) is 0 Å². The molecular weight excluding hydrogens is 703 g/mol. The van der Waals surface area contributed by atoms with E-state index < -0.39 is 33.4 Å². The molecule has 4 fully saturated rings. The van der Waals surface area contributed by atoms with Gasteiger partial charge in [0, 0.05) is 0 Å². The van der Waals surface area contributed by atoms with E-state index in [1.54, 1.807) is 0 Å². The summed E-state index contributed by atoms with van der Waals surface area (Å²) >= 11 is -1.63. The predicted octanol–water partition coefficient (Wildman–Crippen LogP) is 6.31. The number of aromatic nitrogens is 1. The molecule has 0 unspecified atom stereocenters. The molecule has 1 aromatic heterocycles. The van der Waals surface area contributed by atoms with Crippen LogP contribution in [0.3, 0.4) is 0 Å². The molecule has 0 atom stereocenters.